The number of nitrogen functional groups attached to an aromatic ring is 1. The molecule has 34 heavy (non-hydrogen) atoms. The molecule has 0 aliphatic carbocycles. The summed E-state index contributed by atoms with van der Waals surface area (Å²) in [4.78, 5) is 19.2. The minimum atomic E-state index is -4.91. The Labute approximate surface area is 193 Å². The minimum Gasteiger partial charge on any atom is -0.402 e. The second kappa shape index (κ2) is 9.02. The molecule has 1 unspecified atom stereocenters. The molecule has 3 saturated heterocycles. The normalized spacial score (nSPS) is 22.2. The van der Waals surface area contributed by atoms with Crippen molar-refractivity contribution < 1.29 is 27.0 Å². The van der Waals surface area contributed by atoms with Gasteiger partial charge in [0.2, 0.25) is 5.95 Å². The van der Waals surface area contributed by atoms with Crippen LogP contribution in [0.4, 0.5) is 35.1 Å². The molecule has 0 radical (unpaired) electrons. The van der Waals surface area contributed by atoms with E-state index >= 15 is 0 Å². The largest absolute Gasteiger partial charge is 0.573 e. The van der Waals surface area contributed by atoms with Crippen LogP contribution >= 0.6 is 0 Å². The van der Waals surface area contributed by atoms with Gasteiger partial charge in [-0.3, -0.25) is 4.90 Å². The van der Waals surface area contributed by atoms with Gasteiger partial charge in [0.15, 0.2) is 11.6 Å². The van der Waals surface area contributed by atoms with Crippen LogP contribution in [0, 0.1) is 0 Å². The van der Waals surface area contributed by atoms with Gasteiger partial charge >= 0.3 is 6.36 Å². The molecule has 184 valence electrons. The lowest BCUT2D eigenvalue weighted by molar-refractivity contribution is -0.274. The van der Waals surface area contributed by atoms with Crippen LogP contribution in [0.3, 0.4) is 0 Å². The summed E-state index contributed by atoms with van der Waals surface area (Å²) in [5.41, 5.74) is 6.22. The van der Waals surface area contributed by atoms with Gasteiger partial charge in [0.25, 0.3) is 0 Å². The smallest absolute Gasteiger partial charge is 0.402 e. The Bertz CT molecular complexity index is 1030. The second-order valence-electron chi connectivity index (χ2n) is 8.61. The summed E-state index contributed by atoms with van der Waals surface area (Å²) in [7, 11) is 0. The maximum atomic E-state index is 13.9. The molecule has 0 amide bonds. The molecule has 13 heteroatoms. The topological polar surface area (TPSA) is 92.9 Å². The molecule has 5 heterocycles. The van der Waals surface area contributed by atoms with Gasteiger partial charge in [-0.1, -0.05) is 0 Å². The van der Waals surface area contributed by atoms with Gasteiger partial charge in [0.05, 0.1) is 25.5 Å². The van der Waals surface area contributed by atoms with Crippen LogP contribution in [0.15, 0.2) is 18.3 Å². The number of halogens is 4. The predicted molar refractivity (Wildman–Crippen MR) is 116 cm³/mol. The van der Waals surface area contributed by atoms with E-state index in [-0.39, 0.29) is 12.4 Å². The van der Waals surface area contributed by atoms with E-state index < -0.39 is 18.3 Å². The third-order valence-electron chi connectivity index (χ3n) is 6.27. The summed E-state index contributed by atoms with van der Waals surface area (Å²) in [6.45, 7) is 5.32. The molecule has 1 atom stereocenters. The zero-order valence-corrected chi connectivity index (χ0v) is 18.3. The van der Waals surface area contributed by atoms with Crippen molar-refractivity contribution in [3.05, 3.63) is 18.3 Å². The van der Waals surface area contributed by atoms with Crippen LogP contribution in [0.1, 0.15) is 6.42 Å². The van der Waals surface area contributed by atoms with Crippen LogP contribution in [0.5, 0.6) is 5.75 Å². The maximum Gasteiger partial charge on any atom is 0.573 e. The van der Waals surface area contributed by atoms with Crippen molar-refractivity contribution in [3.63, 3.8) is 0 Å². The number of nitrogens with two attached hydrogens (primary N) is 1. The van der Waals surface area contributed by atoms with Gasteiger partial charge in [0.1, 0.15) is 12.0 Å². The lowest BCUT2D eigenvalue weighted by atomic mass is 10.1. The first-order valence-corrected chi connectivity index (χ1v) is 11.1. The molecule has 3 aliphatic rings. The van der Waals surface area contributed by atoms with Crippen LogP contribution in [-0.2, 0) is 4.74 Å². The second-order valence-corrected chi connectivity index (χ2v) is 8.61. The monoisotopic (exact) mass is 483 g/mol. The van der Waals surface area contributed by atoms with E-state index in [9.17, 15) is 17.6 Å². The van der Waals surface area contributed by atoms with Crippen LogP contribution in [0.25, 0.3) is 11.3 Å². The molecule has 5 rings (SSSR count). The number of nitrogens with zero attached hydrogens (tertiary/aromatic N) is 6. The third kappa shape index (κ3) is 4.94. The molecule has 2 aromatic heterocycles. The van der Waals surface area contributed by atoms with Crippen molar-refractivity contribution in [2.75, 3.05) is 68.0 Å². The number of hydrogen-bond acceptors (Lipinski definition) is 9. The van der Waals surface area contributed by atoms with Crippen LogP contribution in [0.2, 0.25) is 0 Å². The number of ether oxygens (including phenoxy) is 2. The van der Waals surface area contributed by atoms with Gasteiger partial charge in [-0.25, -0.2) is 14.4 Å². The lowest BCUT2D eigenvalue weighted by Gasteiger charge is -2.47. The minimum absolute atomic E-state index is 0.168. The molecule has 3 aliphatic heterocycles. The number of alkyl halides is 4. The van der Waals surface area contributed by atoms with Gasteiger partial charge in [-0.05, 0) is 12.5 Å². The molecule has 0 spiro atoms. The Morgan fingerprint density at radius 2 is 1.79 bits per heavy atom. The summed E-state index contributed by atoms with van der Waals surface area (Å²) in [5.74, 6) is -0.0287. The van der Waals surface area contributed by atoms with E-state index in [2.05, 4.69) is 29.5 Å². The highest BCUT2D eigenvalue weighted by molar-refractivity contribution is 5.68. The predicted octanol–water partition coefficient (Wildman–Crippen LogP) is 2.09. The number of pyridine rings is 1. The summed E-state index contributed by atoms with van der Waals surface area (Å²) in [6, 6.07) is 3.23. The Morgan fingerprint density at radius 1 is 1.03 bits per heavy atom. The zero-order chi connectivity index (χ0) is 23.9. The first kappa shape index (κ1) is 22.8. The molecule has 2 N–H and O–H groups in total. The quantitative estimate of drug-likeness (QED) is 0.642. The molecule has 0 aromatic carbocycles. The van der Waals surface area contributed by atoms with E-state index in [1.807, 2.05) is 0 Å². The van der Waals surface area contributed by atoms with Gasteiger partial charge in [-0.2, -0.15) is 4.98 Å². The summed E-state index contributed by atoms with van der Waals surface area (Å²) in [5, 5.41) is 0. The fraction of sp³-hybridized carbons (Fsp3) is 0.571. The molecular formula is C21H25F4N7O2. The van der Waals surface area contributed by atoms with E-state index in [4.69, 9.17) is 10.5 Å². The third-order valence-corrected chi connectivity index (χ3v) is 6.27. The van der Waals surface area contributed by atoms with Crippen molar-refractivity contribution in [1.82, 2.24) is 19.9 Å². The zero-order valence-electron chi connectivity index (χ0n) is 18.3. The van der Waals surface area contributed by atoms with Crippen molar-refractivity contribution >= 4 is 17.6 Å². The maximum absolute atomic E-state index is 13.9. The Kier molecular flexibility index (Phi) is 6.06. The number of morpholine rings is 1. The van der Waals surface area contributed by atoms with Crippen molar-refractivity contribution in [1.29, 1.82) is 0 Å². The Hall–Kier alpha value is -2.93. The fourth-order valence-corrected chi connectivity index (χ4v) is 4.39. The van der Waals surface area contributed by atoms with Crippen LogP contribution < -0.4 is 20.3 Å². The highest BCUT2D eigenvalue weighted by Crippen LogP contribution is 2.34. The van der Waals surface area contributed by atoms with Crippen LogP contribution in [-0.4, -0.2) is 90.9 Å². The fourth-order valence-electron chi connectivity index (χ4n) is 4.39. The van der Waals surface area contributed by atoms with E-state index in [1.54, 1.807) is 11.0 Å². The van der Waals surface area contributed by atoms with Crippen molar-refractivity contribution in [2.45, 2.75) is 25.0 Å². The SMILES string of the molecule is Nc1ncc(-c2cc(N3CC(N4CCOCC4)C3)nc(N3CCC(F)C3)n2)cc1OC(F)(F)F. The first-order valence-electron chi connectivity index (χ1n) is 11.1. The standard InChI is InChI=1S/C21H25F4N7O2/c22-14-1-2-31(10-14)20-28-16(13-7-17(19(26)27-9-13)34-21(23,24)25)8-18(29-20)32-11-15(12-32)30-3-5-33-6-4-30/h7-9,14-15H,1-6,10-12H2,(H2,26,27). The molecule has 2 aromatic rings. The van der Waals surface area contributed by atoms with Crippen molar-refractivity contribution in [2.24, 2.45) is 0 Å². The average Bonchev–Trinajstić information content (AvgIpc) is 3.20. The molecule has 9 nitrogen and oxygen atoms in total. The van der Waals surface area contributed by atoms with E-state index in [0.29, 0.717) is 55.2 Å². The van der Waals surface area contributed by atoms with E-state index in [0.717, 1.165) is 32.2 Å². The number of rotatable bonds is 5. The van der Waals surface area contributed by atoms with Crippen molar-refractivity contribution in [3.8, 4) is 17.0 Å². The van der Waals surface area contributed by atoms with Gasteiger partial charge in [-0.15, -0.1) is 13.2 Å². The summed E-state index contributed by atoms with van der Waals surface area (Å²) in [6.07, 6.45) is -4.17. The molecule has 3 fully saturated rings. The number of hydrogen-bond donors (Lipinski definition) is 1. The number of aromatic nitrogens is 3. The summed E-state index contributed by atoms with van der Waals surface area (Å²) >= 11 is 0. The van der Waals surface area contributed by atoms with Gasteiger partial charge < -0.3 is 25.0 Å². The van der Waals surface area contributed by atoms with E-state index in [1.165, 1.54) is 6.20 Å². The average molecular weight is 483 g/mol. The highest BCUT2D eigenvalue weighted by atomic mass is 19.4. The molecular weight excluding hydrogens is 458 g/mol. The first-order chi connectivity index (χ1) is 16.2. The molecule has 0 bridgehead atoms. The Balaban J connectivity index is 1.43. The molecule has 0 saturated carbocycles. The lowest BCUT2D eigenvalue weighted by Crippen LogP contribution is -2.61. The highest BCUT2D eigenvalue weighted by Gasteiger charge is 2.35. The van der Waals surface area contributed by atoms with Gasteiger partial charge in [0, 0.05) is 56.6 Å². The number of anilines is 3. The Morgan fingerprint density at radius 3 is 2.47 bits per heavy atom. The summed E-state index contributed by atoms with van der Waals surface area (Å²) < 4.78 is 61.6.